The molecule has 1 saturated heterocycles. The van der Waals surface area contributed by atoms with E-state index in [1.165, 1.54) is 25.7 Å². The maximum atomic E-state index is 6.04. The van der Waals surface area contributed by atoms with Crippen LogP contribution in [-0.2, 0) is 4.74 Å². The molecule has 2 fully saturated rings. The molecule has 0 spiro atoms. The highest BCUT2D eigenvalue weighted by molar-refractivity contribution is 4.93. The quantitative estimate of drug-likeness (QED) is 0.789. The molecule has 0 radical (unpaired) electrons. The Morgan fingerprint density at radius 1 is 1.29 bits per heavy atom. The first kappa shape index (κ1) is 13.3. The van der Waals surface area contributed by atoms with Crippen molar-refractivity contribution in [1.29, 1.82) is 0 Å². The van der Waals surface area contributed by atoms with E-state index in [0.717, 1.165) is 38.6 Å². The lowest BCUT2D eigenvalue weighted by Gasteiger charge is -2.41. The summed E-state index contributed by atoms with van der Waals surface area (Å²) >= 11 is 0. The van der Waals surface area contributed by atoms with Crippen molar-refractivity contribution >= 4 is 0 Å². The molecule has 17 heavy (non-hydrogen) atoms. The van der Waals surface area contributed by atoms with Gasteiger partial charge in [-0.25, -0.2) is 0 Å². The van der Waals surface area contributed by atoms with Gasteiger partial charge in [-0.2, -0.15) is 0 Å². The highest BCUT2D eigenvalue weighted by atomic mass is 16.5. The number of ether oxygens (including phenoxy) is 1. The second-order valence-electron chi connectivity index (χ2n) is 6.60. The summed E-state index contributed by atoms with van der Waals surface area (Å²) in [6.07, 6.45) is 6.38. The Bertz CT molecular complexity index is 241. The van der Waals surface area contributed by atoms with Crippen LogP contribution in [0.3, 0.4) is 0 Å². The van der Waals surface area contributed by atoms with Crippen LogP contribution >= 0.6 is 0 Å². The highest BCUT2D eigenvalue weighted by Gasteiger charge is 2.36. The first-order valence-electron chi connectivity index (χ1n) is 7.10. The van der Waals surface area contributed by atoms with Crippen molar-refractivity contribution < 1.29 is 4.74 Å². The molecule has 0 bridgehead atoms. The fourth-order valence-electron chi connectivity index (χ4n) is 3.03. The number of hydrogen-bond acceptors (Lipinski definition) is 3. The summed E-state index contributed by atoms with van der Waals surface area (Å²) in [6, 6.07) is 0. The monoisotopic (exact) mass is 240 g/mol. The fraction of sp³-hybridized carbons (Fsp3) is 1.00. The zero-order valence-corrected chi connectivity index (χ0v) is 11.4. The lowest BCUT2D eigenvalue weighted by atomic mass is 9.70. The molecular weight excluding hydrogens is 212 g/mol. The van der Waals surface area contributed by atoms with Gasteiger partial charge < -0.3 is 15.8 Å². The normalized spacial score (nSPS) is 42.9. The molecule has 1 unspecified atom stereocenters. The van der Waals surface area contributed by atoms with Crippen molar-refractivity contribution in [1.82, 2.24) is 5.32 Å². The average Bonchev–Trinajstić information content (AvgIpc) is 2.77. The summed E-state index contributed by atoms with van der Waals surface area (Å²) in [4.78, 5) is 0. The van der Waals surface area contributed by atoms with E-state index in [4.69, 9.17) is 10.5 Å². The molecule has 1 aliphatic heterocycles. The average molecular weight is 240 g/mol. The largest absolute Gasteiger partial charge is 0.379 e. The third-order valence-corrected chi connectivity index (χ3v) is 4.88. The van der Waals surface area contributed by atoms with Crippen molar-refractivity contribution in [3.05, 3.63) is 0 Å². The SMILES string of the molecule is CC1CCC(CN)(CNC2(C)CCOC2)CC1. The number of hydrogen-bond donors (Lipinski definition) is 2. The zero-order valence-electron chi connectivity index (χ0n) is 11.4. The molecule has 0 aromatic rings. The van der Waals surface area contributed by atoms with Gasteiger partial charge >= 0.3 is 0 Å². The third kappa shape index (κ3) is 3.21. The van der Waals surface area contributed by atoms with Gasteiger partial charge in [0.15, 0.2) is 0 Å². The maximum Gasteiger partial charge on any atom is 0.0646 e. The molecule has 1 atom stereocenters. The Kier molecular flexibility index (Phi) is 4.11. The van der Waals surface area contributed by atoms with Crippen molar-refractivity contribution in [2.24, 2.45) is 17.1 Å². The van der Waals surface area contributed by atoms with Gasteiger partial charge in [0.2, 0.25) is 0 Å². The summed E-state index contributed by atoms with van der Waals surface area (Å²) in [5.41, 5.74) is 6.57. The molecule has 0 aromatic carbocycles. The molecule has 0 amide bonds. The molecule has 0 aromatic heterocycles. The summed E-state index contributed by atoms with van der Waals surface area (Å²) < 4.78 is 5.49. The lowest BCUT2D eigenvalue weighted by molar-refractivity contribution is 0.130. The topological polar surface area (TPSA) is 47.3 Å². The lowest BCUT2D eigenvalue weighted by Crippen LogP contribution is -2.51. The van der Waals surface area contributed by atoms with E-state index in [-0.39, 0.29) is 5.54 Å². The molecule has 1 saturated carbocycles. The Hall–Kier alpha value is -0.120. The van der Waals surface area contributed by atoms with Gasteiger partial charge in [0, 0.05) is 18.7 Å². The van der Waals surface area contributed by atoms with Crippen molar-refractivity contribution in [2.75, 3.05) is 26.3 Å². The Balaban J connectivity index is 1.86. The number of rotatable bonds is 4. The second kappa shape index (κ2) is 5.25. The summed E-state index contributed by atoms with van der Waals surface area (Å²) in [7, 11) is 0. The summed E-state index contributed by atoms with van der Waals surface area (Å²) in [5, 5.41) is 3.73. The van der Waals surface area contributed by atoms with Crippen molar-refractivity contribution in [3.63, 3.8) is 0 Å². The minimum Gasteiger partial charge on any atom is -0.379 e. The van der Waals surface area contributed by atoms with Crippen LogP contribution in [0.2, 0.25) is 0 Å². The molecule has 2 rings (SSSR count). The van der Waals surface area contributed by atoms with E-state index in [2.05, 4.69) is 19.2 Å². The Labute approximate surface area is 105 Å². The molecule has 3 heteroatoms. The maximum absolute atomic E-state index is 6.04. The molecule has 1 heterocycles. The van der Waals surface area contributed by atoms with E-state index >= 15 is 0 Å². The van der Waals surface area contributed by atoms with Crippen LogP contribution in [0, 0.1) is 11.3 Å². The van der Waals surface area contributed by atoms with E-state index in [1.807, 2.05) is 0 Å². The molecular formula is C14H28N2O. The van der Waals surface area contributed by atoms with E-state index in [9.17, 15) is 0 Å². The minimum atomic E-state index is 0.186. The first-order chi connectivity index (χ1) is 8.08. The van der Waals surface area contributed by atoms with E-state index in [0.29, 0.717) is 5.41 Å². The Morgan fingerprint density at radius 2 is 2.00 bits per heavy atom. The molecule has 3 N–H and O–H groups in total. The second-order valence-corrected chi connectivity index (χ2v) is 6.60. The van der Waals surface area contributed by atoms with Crippen LogP contribution in [0.5, 0.6) is 0 Å². The van der Waals surface area contributed by atoms with Crippen molar-refractivity contribution in [2.45, 2.75) is 51.5 Å². The van der Waals surface area contributed by atoms with E-state index in [1.54, 1.807) is 0 Å². The van der Waals surface area contributed by atoms with Gasteiger partial charge in [0.05, 0.1) is 6.61 Å². The van der Waals surface area contributed by atoms with Gasteiger partial charge in [-0.15, -0.1) is 0 Å². The molecule has 2 aliphatic rings. The van der Waals surface area contributed by atoms with Crippen LogP contribution in [-0.4, -0.2) is 31.8 Å². The van der Waals surface area contributed by atoms with Gasteiger partial charge in [-0.1, -0.05) is 19.8 Å². The van der Waals surface area contributed by atoms with Crippen LogP contribution in [0.15, 0.2) is 0 Å². The predicted octanol–water partition coefficient (Wildman–Crippen LogP) is 1.91. The summed E-state index contributed by atoms with van der Waals surface area (Å²) in [5.74, 6) is 0.889. The molecule has 1 aliphatic carbocycles. The standard InChI is InChI=1S/C14H28N2O/c1-12-3-5-14(9-15,6-4-12)10-16-13(2)7-8-17-11-13/h12,16H,3-11,15H2,1-2H3. The molecule has 3 nitrogen and oxygen atoms in total. The van der Waals surface area contributed by atoms with Crippen LogP contribution in [0.25, 0.3) is 0 Å². The third-order valence-electron chi connectivity index (χ3n) is 4.88. The minimum absolute atomic E-state index is 0.186. The van der Waals surface area contributed by atoms with Gasteiger partial charge in [0.25, 0.3) is 0 Å². The zero-order chi connectivity index (χ0) is 12.4. The first-order valence-corrected chi connectivity index (χ1v) is 7.10. The molecule has 100 valence electrons. The number of nitrogens with one attached hydrogen (secondary N) is 1. The van der Waals surface area contributed by atoms with Crippen LogP contribution in [0.1, 0.15) is 46.0 Å². The Morgan fingerprint density at radius 3 is 2.53 bits per heavy atom. The smallest absolute Gasteiger partial charge is 0.0646 e. The fourth-order valence-corrected chi connectivity index (χ4v) is 3.03. The number of nitrogens with two attached hydrogens (primary N) is 1. The summed E-state index contributed by atoms with van der Waals surface area (Å²) in [6.45, 7) is 8.27. The van der Waals surface area contributed by atoms with E-state index < -0.39 is 0 Å². The van der Waals surface area contributed by atoms with Crippen LogP contribution < -0.4 is 11.1 Å². The highest BCUT2D eigenvalue weighted by Crippen LogP contribution is 2.38. The van der Waals surface area contributed by atoms with Gasteiger partial charge in [-0.05, 0) is 44.1 Å². The van der Waals surface area contributed by atoms with Gasteiger partial charge in [0.1, 0.15) is 0 Å². The van der Waals surface area contributed by atoms with Gasteiger partial charge in [-0.3, -0.25) is 0 Å². The predicted molar refractivity (Wildman–Crippen MR) is 71.0 cm³/mol. The van der Waals surface area contributed by atoms with Crippen molar-refractivity contribution in [3.8, 4) is 0 Å². The van der Waals surface area contributed by atoms with Crippen LogP contribution in [0.4, 0.5) is 0 Å².